The molecule has 3 rings (SSSR count). The fraction of sp³-hybridized carbons (Fsp3) is 0.273. The predicted molar refractivity (Wildman–Crippen MR) is 127 cm³/mol. The second kappa shape index (κ2) is 11.1. The molecular weight excluding hydrogens is 464 g/mol. The van der Waals surface area contributed by atoms with Gasteiger partial charge in [0.1, 0.15) is 5.25 Å². The molecule has 1 unspecified atom stereocenters. The van der Waals surface area contributed by atoms with Crippen molar-refractivity contribution in [2.75, 3.05) is 5.32 Å². The summed E-state index contributed by atoms with van der Waals surface area (Å²) in [4.78, 5) is 24.8. The number of amidine groups is 1. The number of thioether (sulfide) groups is 1. The van der Waals surface area contributed by atoms with Crippen LogP contribution in [0.15, 0.2) is 69.3 Å². The number of halogens is 1. The molecule has 1 saturated heterocycles. The van der Waals surface area contributed by atoms with Crippen molar-refractivity contribution >= 4 is 56.1 Å². The van der Waals surface area contributed by atoms with Gasteiger partial charge in [0.15, 0.2) is 5.17 Å². The molecular formula is C22H23BrN4O2S. The average Bonchev–Trinajstić information content (AvgIpc) is 2.75. The normalized spacial score (nSPS) is 18.2. The van der Waals surface area contributed by atoms with Crippen LogP contribution in [0.4, 0.5) is 5.69 Å². The summed E-state index contributed by atoms with van der Waals surface area (Å²) in [5.74, 6) is -0.475. The van der Waals surface area contributed by atoms with Crippen LogP contribution in [0.3, 0.4) is 0 Å². The molecule has 0 aliphatic carbocycles. The molecule has 2 N–H and O–H groups in total. The molecule has 2 aromatic rings. The number of nitrogens with one attached hydrogen (secondary N) is 2. The second-order valence-electron chi connectivity index (χ2n) is 6.78. The van der Waals surface area contributed by atoms with Crippen molar-refractivity contribution in [1.82, 2.24) is 5.32 Å². The van der Waals surface area contributed by atoms with E-state index in [1.807, 2.05) is 42.5 Å². The molecule has 2 amide bonds. The lowest BCUT2D eigenvalue weighted by Crippen LogP contribution is -2.41. The quantitative estimate of drug-likeness (QED) is 0.428. The van der Waals surface area contributed by atoms with Crippen molar-refractivity contribution in [3.05, 3.63) is 64.6 Å². The number of carbonyl (C=O) groups excluding carboxylic acids is 2. The summed E-state index contributed by atoms with van der Waals surface area (Å²) in [5, 5.41) is 14.0. The van der Waals surface area contributed by atoms with Crippen molar-refractivity contribution in [3.63, 3.8) is 0 Å². The van der Waals surface area contributed by atoms with Crippen molar-refractivity contribution in [2.45, 2.75) is 37.9 Å². The van der Waals surface area contributed by atoms with E-state index in [1.165, 1.54) is 11.8 Å². The molecule has 156 valence electrons. The summed E-state index contributed by atoms with van der Waals surface area (Å²) >= 11 is 4.58. The molecule has 1 fully saturated rings. The monoisotopic (exact) mass is 486 g/mol. The maximum absolute atomic E-state index is 12.6. The minimum absolute atomic E-state index is 0.0944. The first-order chi connectivity index (χ1) is 14.5. The number of nitrogens with zero attached hydrogens (tertiary/aromatic N) is 2. The van der Waals surface area contributed by atoms with E-state index in [-0.39, 0.29) is 18.2 Å². The predicted octanol–water partition coefficient (Wildman–Crippen LogP) is 4.96. The van der Waals surface area contributed by atoms with E-state index in [4.69, 9.17) is 0 Å². The largest absolute Gasteiger partial charge is 0.325 e. The van der Waals surface area contributed by atoms with Crippen LogP contribution in [0.25, 0.3) is 0 Å². The highest BCUT2D eigenvalue weighted by atomic mass is 79.9. The van der Waals surface area contributed by atoms with Crippen LogP contribution >= 0.6 is 27.7 Å². The third-order valence-electron chi connectivity index (χ3n) is 4.41. The van der Waals surface area contributed by atoms with Gasteiger partial charge in [-0.2, -0.15) is 5.10 Å². The Labute approximate surface area is 188 Å². The molecule has 0 aromatic heterocycles. The maximum Gasteiger partial charge on any atom is 0.238 e. The standard InChI is InChI=1S/C22H23BrN4O2S/c1-2-3-9-18(15-7-5-4-6-8-15)26-27-22-25-20(28)14-19(30-22)21(29)24-17-12-10-16(23)11-13-17/h4-8,10-13,19H,2-3,9,14H2,1H3,(H,24,29)(H,25,27,28). The highest BCUT2D eigenvalue weighted by Crippen LogP contribution is 2.23. The molecule has 6 nitrogen and oxygen atoms in total. The lowest BCUT2D eigenvalue weighted by atomic mass is 10.1. The maximum atomic E-state index is 12.6. The Morgan fingerprint density at radius 1 is 1.20 bits per heavy atom. The number of unbranched alkanes of at least 4 members (excludes halogenated alkanes) is 1. The number of hydrogen-bond donors (Lipinski definition) is 2. The van der Waals surface area contributed by atoms with E-state index in [0.717, 1.165) is 35.0 Å². The van der Waals surface area contributed by atoms with E-state index >= 15 is 0 Å². The first-order valence-electron chi connectivity index (χ1n) is 9.78. The molecule has 30 heavy (non-hydrogen) atoms. The Morgan fingerprint density at radius 2 is 1.93 bits per heavy atom. The zero-order valence-corrected chi connectivity index (χ0v) is 19.0. The Bertz CT molecular complexity index is 945. The smallest absolute Gasteiger partial charge is 0.238 e. The Balaban J connectivity index is 1.73. The lowest BCUT2D eigenvalue weighted by molar-refractivity contribution is -0.123. The van der Waals surface area contributed by atoms with Gasteiger partial charge in [-0.15, -0.1) is 5.10 Å². The van der Waals surface area contributed by atoms with Gasteiger partial charge in [-0.05, 0) is 42.7 Å². The van der Waals surface area contributed by atoms with Gasteiger partial charge in [0.25, 0.3) is 0 Å². The number of anilines is 1. The van der Waals surface area contributed by atoms with Crippen LogP contribution in [0.1, 0.15) is 38.2 Å². The Morgan fingerprint density at radius 3 is 2.63 bits per heavy atom. The molecule has 2 aromatic carbocycles. The summed E-state index contributed by atoms with van der Waals surface area (Å²) < 4.78 is 0.927. The van der Waals surface area contributed by atoms with Crippen LogP contribution in [-0.4, -0.2) is 27.9 Å². The molecule has 0 saturated carbocycles. The van der Waals surface area contributed by atoms with Crippen LogP contribution in [0.5, 0.6) is 0 Å². The van der Waals surface area contributed by atoms with E-state index in [0.29, 0.717) is 10.9 Å². The van der Waals surface area contributed by atoms with Gasteiger partial charge >= 0.3 is 0 Å². The first-order valence-corrected chi connectivity index (χ1v) is 11.5. The van der Waals surface area contributed by atoms with Crippen molar-refractivity contribution in [3.8, 4) is 0 Å². The number of hydrogen-bond acceptors (Lipinski definition) is 5. The molecule has 0 bridgehead atoms. The highest BCUT2D eigenvalue weighted by Gasteiger charge is 2.30. The molecule has 0 radical (unpaired) electrons. The number of amides is 2. The third kappa shape index (κ3) is 6.53. The zero-order chi connectivity index (χ0) is 21.3. The van der Waals surface area contributed by atoms with E-state index in [2.05, 4.69) is 43.7 Å². The molecule has 8 heteroatoms. The lowest BCUT2D eigenvalue weighted by Gasteiger charge is -2.21. The fourth-order valence-corrected chi connectivity index (χ4v) is 4.02. The molecule has 1 aliphatic rings. The fourth-order valence-electron chi connectivity index (χ4n) is 2.83. The SMILES string of the molecule is CCCCC(=NN=C1NC(=O)CC(C(=O)Nc2ccc(Br)cc2)S1)c1ccccc1. The van der Waals surface area contributed by atoms with Gasteiger partial charge in [0.05, 0.1) is 5.71 Å². The van der Waals surface area contributed by atoms with Crippen molar-refractivity contribution in [1.29, 1.82) is 0 Å². The summed E-state index contributed by atoms with van der Waals surface area (Å²) in [5.41, 5.74) is 2.55. The number of rotatable bonds is 7. The minimum atomic E-state index is -0.563. The highest BCUT2D eigenvalue weighted by molar-refractivity contribution is 9.10. The Kier molecular flexibility index (Phi) is 8.21. The first kappa shape index (κ1) is 22.2. The number of benzene rings is 2. The van der Waals surface area contributed by atoms with Crippen molar-refractivity contribution in [2.24, 2.45) is 10.2 Å². The van der Waals surface area contributed by atoms with E-state index in [9.17, 15) is 9.59 Å². The summed E-state index contributed by atoms with van der Waals surface area (Å²) in [6.45, 7) is 2.13. The van der Waals surface area contributed by atoms with Gasteiger partial charge in [0, 0.05) is 16.6 Å². The average molecular weight is 487 g/mol. The second-order valence-corrected chi connectivity index (χ2v) is 8.88. The van der Waals surface area contributed by atoms with Gasteiger partial charge in [-0.3, -0.25) is 9.59 Å². The van der Waals surface area contributed by atoms with Gasteiger partial charge in [-0.1, -0.05) is 71.4 Å². The van der Waals surface area contributed by atoms with E-state index < -0.39 is 5.25 Å². The van der Waals surface area contributed by atoms with E-state index in [1.54, 1.807) is 12.1 Å². The molecule has 1 heterocycles. The zero-order valence-electron chi connectivity index (χ0n) is 16.6. The van der Waals surface area contributed by atoms with Crippen LogP contribution < -0.4 is 10.6 Å². The number of carbonyl (C=O) groups is 2. The topological polar surface area (TPSA) is 82.9 Å². The Hall–Kier alpha value is -2.45. The minimum Gasteiger partial charge on any atom is -0.325 e. The van der Waals surface area contributed by atoms with Crippen LogP contribution in [0, 0.1) is 0 Å². The van der Waals surface area contributed by atoms with Crippen molar-refractivity contribution < 1.29 is 9.59 Å². The van der Waals surface area contributed by atoms with Gasteiger partial charge in [-0.25, -0.2) is 0 Å². The third-order valence-corrected chi connectivity index (χ3v) is 6.01. The van der Waals surface area contributed by atoms with Gasteiger partial charge < -0.3 is 10.6 Å². The molecule has 1 aliphatic heterocycles. The summed E-state index contributed by atoms with van der Waals surface area (Å²) in [7, 11) is 0. The van der Waals surface area contributed by atoms with Crippen LogP contribution in [-0.2, 0) is 9.59 Å². The summed E-state index contributed by atoms with van der Waals surface area (Å²) in [6.07, 6.45) is 2.93. The molecule has 0 spiro atoms. The van der Waals surface area contributed by atoms with Crippen LogP contribution in [0.2, 0.25) is 0 Å². The van der Waals surface area contributed by atoms with Gasteiger partial charge in [0.2, 0.25) is 11.8 Å². The molecule has 1 atom stereocenters. The summed E-state index contributed by atoms with van der Waals surface area (Å²) in [6, 6.07) is 17.2.